The van der Waals surface area contributed by atoms with Crippen molar-refractivity contribution >= 4 is 5.97 Å². The highest BCUT2D eigenvalue weighted by molar-refractivity contribution is 5.89. The highest BCUT2D eigenvalue weighted by Crippen LogP contribution is 2.57. The van der Waals surface area contributed by atoms with E-state index in [2.05, 4.69) is 39.0 Å². The molecule has 2 aromatic carbocycles. The van der Waals surface area contributed by atoms with Crippen LogP contribution in [0, 0.1) is 30.6 Å². The number of carbonyl (C=O) groups is 1. The van der Waals surface area contributed by atoms with Crippen LogP contribution in [0.15, 0.2) is 36.4 Å². The van der Waals surface area contributed by atoms with Gasteiger partial charge in [0, 0.05) is 12.8 Å². The number of hydrogen-bond acceptors (Lipinski definition) is 4. The smallest absolute Gasteiger partial charge is 0.389 e. The summed E-state index contributed by atoms with van der Waals surface area (Å²) in [7, 11) is 1.36. The minimum atomic E-state index is -4.27. The molecule has 0 heterocycles. The number of benzene rings is 2. The Kier molecular flexibility index (Phi) is 12.9. The fourth-order valence-electron chi connectivity index (χ4n) is 11.5. The van der Waals surface area contributed by atoms with Gasteiger partial charge in [0.05, 0.1) is 23.9 Å². The number of esters is 1. The van der Waals surface area contributed by atoms with Crippen molar-refractivity contribution in [2.75, 3.05) is 7.11 Å². The summed E-state index contributed by atoms with van der Waals surface area (Å²) in [5.41, 5.74) is 4.27. The fraction of sp³-hybridized carbons (Fsp3) is 0.711. The van der Waals surface area contributed by atoms with Gasteiger partial charge in [0.25, 0.3) is 0 Å². The SMILES string of the molecule is CC[C@@]12CC[C@](O)(C(C)CC(F)(F)F)C[C@@H]1CCCc1cc(C(=O)OC)ccc12.CC[C@@]12CC[C@](O)(C(C)CC(F)(F)F)C[C@@H]1CCCc1cc(C)ccc12. The van der Waals surface area contributed by atoms with Crippen molar-refractivity contribution in [2.45, 2.75) is 172 Å². The first-order valence-electron chi connectivity index (χ1n) is 20.5. The predicted molar refractivity (Wildman–Crippen MR) is 203 cm³/mol. The maximum absolute atomic E-state index is 13.0. The second kappa shape index (κ2) is 16.3. The van der Waals surface area contributed by atoms with Crippen molar-refractivity contribution in [3.63, 3.8) is 0 Å². The highest BCUT2D eigenvalue weighted by Gasteiger charge is 2.54. The van der Waals surface area contributed by atoms with Gasteiger partial charge in [-0.15, -0.1) is 0 Å². The van der Waals surface area contributed by atoms with Gasteiger partial charge < -0.3 is 14.9 Å². The molecule has 0 amide bonds. The van der Waals surface area contributed by atoms with Gasteiger partial charge in [0.2, 0.25) is 0 Å². The minimum absolute atomic E-state index is 0.00369. The third kappa shape index (κ3) is 9.10. The largest absolute Gasteiger partial charge is 0.465 e. The van der Waals surface area contributed by atoms with Crippen LogP contribution in [0.5, 0.6) is 0 Å². The van der Waals surface area contributed by atoms with E-state index in [1.54, 1.807) is 13.0 Å². The Labute approximate surface area is 323 Å². The second-order valence-electron chi connectivity index (χ2n) is 17.8. The molecule has 2 unspecified atom stereocenters. The molecule has 4 aliphatic rings. The summed E-state index contributed by atoms with van der Waals surface area (Å²) >= 11 is 0. The molecule has 0 spiro atoms. The van der Waals surface area contributed by atoms with E-state index in [4.69, 9.17) is 4.74 Å². The van der Waals surface area contributed by atoms with Crippen LogP contribution in [0.1, 0.15) is 156 Å². The van der Waals surface area contributed by atoms with E-state index in [1.165, 1.54) is 36.3 Å². The summed E-state index contributed by atoms with van der Waals surface area (Å²) in [6, 6.07) is 12.4. The standard InChI is InChI=1S/C23H31F3O3.C22H31F3O/c1-4-21-10-11-22(28,15(2)13-23(24,25)26)14-18(21)7-5-6-16-12-17(20(27)29-3)8-9-19(16)21;1-4-20-10-11-21(26,16(3)13-22(23,24)25)14-18(20)7-5-6-17-12-15(2)8-9-19(17)20/h8-9,12,15,18,28H,4-7,10-11,13-14H2,1-3H3;8-9,12,16,18,26H,4-7,10-11,13-14H2,1-3H3/t15?,18-,21+,22+;16?,18-,20+,21+/m00/s1. The van der Waals surface area contributed by atoms with Crippen LogP contribution in [0.4, 0.5) is 26.3 Å². The quantitative estimate of drug-likeness (QED) is 0.217. The van der Waals surface area contributed by atoms with Gasteiger partial charge in [0.15, 0.2) is 0 Å². The second-order valence-corrected chi connectivity index (χ2v) is 17.8. The average Bonchev–Trinajstić information content (AvgIpc) is 3.37. The van der Waals surface area contributed by atoms with E-state index in [0.29, 0.717) is 37.7 Å². The minimum Gasteiger partial charge on any atom is -0.465 e. The molecular formula is C45H62F6O4. The van der Waals surface area contributed by atoms with E-state index >= 15 is 0 Å². The Morgan fingerprint density at radius 3 is 1.60 bits per heavy atom. The molecule has 0 radical (unpaired) electrons. The van der Waals surface area contributed by atoms with Crippen molar-refractivity contribution < 1.29 is 46.1 Å². The van der Waals surface area contributed by atoms with Crippen molar-refractivity contribution in [1.29, 1.82) is 0 Å². The zero-order valence-corrected chi connectivity index (χ0v) is 33.6. The molecule has 2 aromatic rings. The van der Waals surface area contributed by atoms with Crippen LogP contribution in [0.3, 0.4) is 0 Å². The summed E-state index contributed by atoms with van der Waals surface area (Å²) in [6.07, 6.45) is 0.345. The lowest BCUT2D eigenvalue weighted by Gasteiger charge is -2.52. The monoisotopic (exact) mass is 780 g/mol. The van der Waals surface area contributed by atoms with Crippen LogP contribution < -0.4 is 0 Å². The number of rotatable bonds is 7. The lowest BCUT2D eigenvalue weighted by molar-refractivity contribution is -0.173. The van der Waals surface area contributed by atoms with E-state index in [0.717, 1.165) is 63.4 Å². The lowest BCUT2D eigenvalue weighted by atomic mass is 9.55. The Morgan fingerprint density at radius 2 is 1.18 bits per heavy atom. The number of ether oxygens (including phenoxy) is 1. The maximum atomic E-state index is 13.0. The number of halogens is 6. The predicted octanol–water partition coefficient (Wildman–Crippen LogP) is 11.7. The molecule has 0 bridgehead atoms. The third-order valence-electron chi connectivity index (χ3n) is 14.8. The molecule has 6 rings (SSSR count). The number of hydrogen-bond donors (Lipinski definition) is 2. The first-order valence-corrected chi connectivity index (χ1v) is 20.5. The van der Waals surface area contributed by atoms with Gasteiger partial charge in [-0.1, -0.05) is 57.5 Å². The van der Waals surface area contributed by atoms with Crippen LogP contribution >= 0.6 is 0 Å². The van der Waals surface area contributed by atoms with Crippen molar-refractivity contribution in [1.82, 2.24) is 0 Å². The Balaban J connectivity index is 0.000000212. The first-order chi connectivity index (χ1) is 25.6. The molecule has 4 nitrogen and oxygen atoms in total. The van der Waals surface area contributed by atoms with Crippen molar-refractivity contribution in [3.8, 4) is 0 Å². The van der Waals surface area contributed by atoms with Gasteiger partial charge in [0.1, 0.15) is 0 Å². The number of aliphatic hydroxyl groups is 2. The van der Waals surface area contributed by atoms with Gasteiger partial charge in [-0.2, -0.15) is 26.3 Å². The summed E-state index contributed by atoms with van der Waals surface area (Å²) in [5.74, 6) is -1.55. The molecule has 2 N–H and O–H groups in total. The van der Waals surface area contributed by atoms with Crippen LogP contribution in [-0.4, -0.2) is 46.8 Å². The molecular weight excluding hydrogens is 718 g/mol. The molecule has 2 fully saturated rings. The van der Waals surface area contributed by atoms with E-state index in [1.807, 2.05) is 12.1 Å². The van der Waals surface area contributed by atoms with Crippen molar-refractivity contribution in [2.24, 2.45) is 23.7 Å². The third-order valence-corrected chi connectivity index (χ3v) is 14.8. The Bertz CT molecular complexity index is 1650. The van der Waals surface area contributed by atoms with E-state index in [9.17, 15) is 41.4 Å². The molecule has 308 valence electrons. The molecule has 55 heavy (non-hydrogen) atoms. The maximum Gasteiger partial charge on any atom is 0.389 e. The Hall–Kier alpha value is -2.59. The van der Waals surface area contributed by atoms with Gasteiger partial charge >= 0.3 is 18.3 Å². The molecule has 0 aromatic heterocycles. The van der Waals surface area contributed by atoms with E-state index < -0.39 is 48.2 Å². The normalized spacial score (nSPS) is 31.8. The number of fused-ring (bicyclic) bond motifs is 6. The number of aryl methyl sites for hydroxylation is 3. The lowest BCUT2D eigenvalue weighted by Crippen LogP contribution is -2.51. The molecule has 8 atom stereocenters. The summed E-state index contributed by atoms with van der Waals surface area (Å²) in [5, 5.41) is 22.3. The highest BCUT2D eigenvalue weighted by atomic mass is 19.4. The summed E-state index contributed by atoms with van der Waals surface area (Å²) < 4.78 is 82.4. The van der Waals surface area contributed by atoms with E-state index in [-0.39, 0.29) is 28.6 Å². The van der Waals surface area contributed by atoms with Gasteiger partial charge in [-0.25, -0.2) is 4.79 Å². The molecule has 0 saturated heterocycles. The molecule has 4 aliphatic carbocycles. The van der Waals surface area contributed by atoms with Crippen LogP contribution in [0.2, 0.25) is 0 Å². The van der Waals surface area contributed by atoms with Crippen LogP contribution in [0.25, 0.3) is 0 Å². The average molecular weight is 781 g/mol. The van der Waals surface area contributed by atoms with Gasteiger partial charge in [-0.3, -0.25) is 0 Å². The Morgan fingerprint density at radius 1 is 0.745 bits per heavy atom. The molecule has 0 aliphatic heterocycles. The summed E-state index contributed by atoms with van der Waals surface area (Å²) in [6.45, 7) is 9.53. The fourth-order valence-corrected chi connectivity index (χ4v) is 11.5. The molecule has 2 saturated carbocycles. The summed E-state index contributed by atoms with van der Waals surface area (Å²) in [4.78, 5) is 11.9. The zero-order chi connectivity index (χ0) is 40.6. The first kappa shape index (κ1) is 43.5. The number of carbonyl (C=O) groups excluding carboxylic acids is 1. The van der Waals surface area contributed by atoms with Gasteiger partial charge in [-0.05, 0) is 166 Å². The number of methoxy groups -OCH3 is 1. The van der Waals surface area contributed by atoms with Crippen LogP contribution in [-0.2, 0) is 28.4 Å². The van der Waals surface area contributed by atoms with Crippen molar-refractivity contribution in [3.05, 3.63) is 69.8 Å². The number of alkyl halides is 6. The topological polar surface area (TPSA) is 66.8 Å². The molecule has 10 heteroatoms. The zero-order valence-electron chi connectivity index (χ0n) is 33.6.